The van der Waals surface area contributed by atoms with Crippen molar-refractivity contribution in [3.05, 3.63) is 16.8 Å². The number of anilines is 1. The lowest BCUT2D eigenvalue weighted by Crippen LogP contribution is -2.44. The summed E-state index contributed by atoms with van der Waals surface area (Å²) < 4.78 is 0. The molecule has 0 bridgehead atoms. The summed E-state index contributed by atoms with van der Waals surface area (Å²) in [4.78, 5) is 16.6. The highest BCUT2D eigenvalue weighted by molar-refractivity contribution is 7.18. The Labute approximate surface area is 160 Å². The number of fused-ring (bicyclic) bond motifs is 1. The van der Waals surface area contributed by atoms with Gasteiger partial charge in [-0.2, -0.15) is 0 Å². The highest BCUT2D eigenvalue weighted by Crippen LogP contribution is 2.35. The molecule has 0 amide bonds. The Balaban J connectivity index is 1.34. The van der Waals surface area contributed by atoms with Gasteiger partial charge in [-0.1, -0.05) is 0 Å². The predicted octanol–water partition coefficient (Wildman–Crippen LogP) is 3.21. The van der Waals surface area contributed by atoms with Gasteiger partial charge in [0.1, 0.15) is 17.0 Å². The average Bonchev–Trinajstić information content (AvgIpc) is 2.96. The predicted molar refractivity (Wildman–Crippen MR) is 110 cm³/mol. The average molecular weight is 374 g/mol. The molecule has 2 aliphatic rings. The van der Waals surface area contributed by atoms with E-state index in [1.807, 2.05) is 0 Å². The Morgan fingerprint density at radius 2 is 1.81 bits per heavy atom. The van der Waals surface area contributed by atoms with Crippen LogP contribution in [0.25, 0.3) is 10.2 Å². The molecule has 1 N–H and O–H groups in total. The minimum atomic E-state index is 0.724. The van der Waals surface area contributed by atoms with Gasteiger partial charge in [0.2, 0.25) is 0 Å². The van der Waals surface area contributed by atoms with Crippen LogP contribution in [0.3, 0.4) is 0 Å². The summed E-state index contributed by atoms with van der Waals surface area (Å²) in [6.45, 7) is 10.3. The van der Waals surface area contributed by atoms with Crippen molar-refractivity contribution < 1.29 is 0 Å². The molecule has 4 rings (SSSR count). The fourth-order valence-electron chi connectivity index (χ4n) is 4.30. The van der Waals surface area contributed by atoms with Gasteiger partial charge in [-0.25, -0.2) is 9.97 Å². The van der Waals surface area contributed by atoms with Crippen LogP contribution in [-0.4, -0.2) is 60.7 Å². The van der Waals surface area contributed by atoms with Crippen LogP contribution < -0.4 is 10.2 Å². The number of hydrogen-bond acceptors (Lipinski definition) is 6. The van der Waals surface area contributed by atoms with E-state index in [-0.39, 0.29) is 0 Å². The Morgan fingerprint density at radius 1 is 1.08 bits per heavy atom. The SMILES string of the molecule is Cc1sc2ncnc(N3CCC(CNC4CCN(C)CC4)CC3)c2c1C. The Bertz CT molecular complexity index is 742. The number of aryl methyl sites for hydroxylation is 2. The molecular formula is C20H31N5S. The fraction of sp³-hybridized carbons (Fsp3) is 0.700. The third kappa shape index (κ3) is 3.73. The molecule has 0 atom stereocenters. The van der Waals surface area contributed by atoms with E-state index in [0.29, 0.717) is 0 Å². The summed E-state index contributed by atoms with van der Waals surface area (Å²) in [5.41, 5.74) is 1.35. The number of rotatable bonds is 4. The Kier molecular flexibility index (Phi) is 5.43. The summed E-state index contributed by atoms with van der Waals surface area (Å²) in [5.74, 6) is 1.95. The summed E-state index contributed by atoms with van der Waals surface area (Å²) in [6.07, 6.45) is 6.84. The lowest BCUT2D eigenvalue weighted by atomic mass is 9.95. The van der Waals surface area contributed by atoms with Crippen LogP contribution in [0, 0.1) is 19.8 Å². The molecule has 2 aromatic rings. The van der Waals surface area contributed by atoms with E-state index in [1.165, 1.54) is 61.1 Å². The highest BCUT2D eigenvalue weighted by Gasteiger charge is 2.24. The topological polar surface area (TPSA) is 44.3 Å². The van der Waals surface area contributed by atoms with Crippen LogP contribution in [0.4, 0.5) is 5.82 Å². The molecule has 2 fully saturated rings. The molecule has 6 heteroatoms. The molecule has 5 nitrogen and oxygen atoms in total. The maximum atomic E-state index is 4.66. The van der Waals surface area contributed by atoms with Crippen molar-refractivity contribution >= 4 is 27.4 Å². The van der Waals surface area contributed by atoms with Crippen molar-refractivity contribution in [1.29, 1.82) is 0 Å². The number of nitrogens with zero attached hydrogens (tertiary/aromatic N) is 4. The minimum Gasteiger partial charge on any atom is -0.356 e. The van der Waals surface area contributed by atoms with Gasteiger partial charge in [0, 0.05) is 24.0 Å². The molecule has 0 aliphatic carbocycles. The highest BCUT2D eigenvalue weighted by atomic mass is 32.1. The largest absolute Gasteiger partial charge is 0.356 e. The smallest absolute Gasteiger partial charge is 0.141 e. The first kappa shape index (κ1) is 18.1. The van der Waals surface area contributed by atoms with E-state index in [2.05, 4.69) is 46.0 Å². The first-order valence-corrected chi connectivity index (χ1v) is 10.8. The van der Waals surface area contributed by atoms with Crippen LogP contribution in [0.15, 0.2) is 6.33 Å². The molecule has 142 valence electrons. The van der Waals surface area contributed by atoms with Gasteiger partial charge in [-0.05, 0) is 77.7 Å². The van der Waals surface area contributed by atoms with Gasteiger partial charge < -0.3 is 15.1 Å². The van der Waals surface area contributed by atoms with E-state index in [9.17, 15) is 0 Å². The van der Waals surface area contributed by atoms with Crippen LogP contribution in [0.2, 0.25) is 0 Å². The number of piperidine rings is 2. The summed E-state index contributed by atoms with van der Waals surface area (Å²) >= 11 is 1.79. The van der Waals surface area contributed by atoms with Crippen molar-refractivity contribution in [3.8, 4) is 0 Å². The molecule has 0 saturated carbocycles. The third-order valence-electron chi connectivity index (χ3n) is 6.27. The van der Waals surface area contributed by atoms with E-state index < -0.39 is 0 Å². The minimum absolute atomic E-state index is 0.724. The van der Waals surface area contributed by atoms with Crippen LogP contribution in [0.5, 0.6) is 0 Å². The zero-order chi connectivity index (χ0) is 18.1. The zero-order valence-electron chi connectivity index (χ0n) is 16.3. The number of nitrogens with one attached hydrogen (secondary N) is 1. The van der Waals surface area contributed by atoms with Gasteiger partial charge in [0.05, 0.1) is 5.39 Å². The fourth-order valence-corrected chi connectivity index (χ4v) is 5.29. The molecule has 2 saturated heterocycles. The van der Waals surface area contributed by atoms with Crippen molar-refractivity contribution in [2.75, 3.05) is 44.7 Å². The number of aromatic nitrogens is 2. The number of likely N-dealkylation sites (tertiary alicyclic amines) is 1. The first-order chi connectivity index (χ1) is 12.6. The molecule has 0 unspecified atom stereocenters. The maximum absolute atomic E-state index is 4.66. The number of thiophene rings is 1. The van der Waals surface area contributed by atoms with Crippen LogP contribution >= 0.6 is 11.3 Å². The molecule has 4 heterocycles. The Hall–Kier alpha value is -1.24. The molecule has 0 spiro atoms. The van der Waals surface area contributed by atoms with E-state index in [1.54, 1.807) is 17.7 Å². The van der Waals surface area contributed by atoms with Crippen molar-refractivity contribution in [2.45, 2.75) is 45.6 Å². The van der Waals surface area contributed by atoms with E-state index >= 15 is 0 Å². The van der Waals surface area contributed by atoms with Crippen molar-refractivity contribution in [3.63, 3.8) is 0 Å². The summed E-state index contributed by atoms with van der Waals surface area (Å²) in [7, 11) is 2.23. The monoisotopic (exact) mass is 373 g/mol. The molecule has 2 aliphatic heterocycles. The molecule has 0 radical (unpaired) electrons. The van der Waals surface area contributed by atoms with Gasteiger partial charge in [0.15, 0.2) is 0 Å². The third-order valence-corrected chi connectivity index (χ3v) is 7.39. The second-order valence-electron chi connectivity index (χ2n) is 8.08. The quantitative estimate of drug-likeness (QED) is 0.892. The van der Waals surface area contributed by atoms with Crippen molar-refractivity contribution in [2.24, 2.45) is 5.92 Å². The van der Waals surface area contributed by atoms with Gasteiger partial charge >= 0.3 is 0 Å². The second kappa shape index (κ2) is 7.79. The lowest BCUT2D eigenvalue weighted by Gasteiger charge is -2.35. The van der Waals surface area contributed by atoms with Gasteiger partial charge in [-0.3, -0.25) is 0 Å². The maximum Gasteiger partial charge on any atom is 0.141 e. The van der Waals surface area contributed by atoms with Crippen LogP contribution in [0.1, 0.15) is 36.1 Å². The first-order valence-electron chi connectivity index (χ1n) is 9.99. The number of hydrogen-bond donors (Lipinski definition) is 1. The van der Waals surface area contributed by atoms with Crippen LogP contribution in [-0.2, 0) is 0 Å². The van der Waals surface area contributed by atoms with Crippen molar-refractivity contribution in [1.82, 2.24) is 20.2 Å². The summed E-state index contributed by atoms with van der Waals surface area (Å²) in [5, 5.41) is 5.12. The molecule has 2 aromatic heterocycles. The lowest BCUT2D eigenvalue weighted by molar-refractivity contribution is 0.226. The molecular weight excluding hydrogens is 342 g/mol. The Morgan fingerprint density at radius 3 is 2.54 bits per heavy atom. The second-order valence-corrected chi connectivity index (χ2v) is 9.28. The zero-order valence-corrected chi connectivity index (χ0v) is 17.1. The van der Waals surface area contributed by atoms with E-state index in [4.69, 9.17) is 0 Å². The summed E-state index contributed by atoms with van der Waals surface area (Å²) in [6, 6.07) is 0.724. The molecule has 0 aromatic carbocycles. The molecule has 26 heavy (non-hydrogen) atoms. The normalized spacial score (nSPS) is 21.0. The van der Waals surface area contributed by atoms with Gasteiger partial charge in [0.25, 0.3) is 0 Å². The van der Waals surface area contributed by atoms with Gasteiger partial charge in [-0.15, -0.1) is 11.3 Å². The van der Waals surface area contributed by atoms with E-state index in [0.717, 1.165) is 35.7 Å². The standard InChI is InChI=1S/C20H31N5S/c1-14-15(2)26-20-18(14)19(22-13-23-20)25-10-4-16(5-11-25)12-21-17-6-8-24(3)9-7-17/h13,16-17,21H,4-12H2,1-3H3.